The summed E-state index contributed by atoms with van der Waals surface area (Å²) in [6, 6.07) is 10.0. The Hall–Kier alpha value is -3.48. The average Bonchev–Trinajstić information content (AvgIpc) is 3.26. The first-order valence-electron chi connectivity index (χ1n) is 9.90. The van der Waals surface area contributed by atoms with Crippen LogP contribution in [0.5, 0.6) is 0 Å². The van der Waals surface area contributed by atoms with E-state index in [1.165, 1.54) is 0 Å². The van der Waals surface area contributed by atoms with Gasteiger partial charge in [-0.05, 0) is 43.0 Å². The first-order valence-corrected chi connectivity index (χ1v) is 9.90. The number of benzene rings is 1. The Balaban J connectivity index is 1.37. The lowest BCUT2D eigenvalue weighted by atomic mass is 9.80. The molecule has 1 saturated heterocycles. The molecular weight excluding hydrogens is 364 g/mol. The van der Waals surface area contributed by atoms with E-state index >= 15 is 0 Å². The zero-order valence-corrected chi connectivity index (χ0v) is 16.0. The van der Waals surface area contributed by atoms with Gasteiger partial charge in [-0.15, -0.1) is 0 Å². The molecule has 2 atom stereocenters. The third-order valence-corrected chi connectivity index (χ3v) is 6.08. The maximum Gasteiger partial charge on any atom is 0.233 e. The standard InChI is InChI=1S/C22H20N6O/c1-27-11-15(10-26-27)14-4-6-18(23-9-14)21-20(13-2-3-13)22(29)28(21)16-5-7-17-19(8-16)25-12-24-17/h4-13,20-21H,2-3H2,1H3,(H,24,25)/t20-,21+/m0/s1. The Morgan fingerprint density at radius 3 is 2.69 bits per heavy atom. The Kier molecular flexibility index (Phi) is 3.41. The van der Waals surface area contributed by atoms with E-state index in [-0.39, 0.29) is 17.9 Å². The molecule has 1 saturated carbocycles. The second-order valence-electron chi connectivity index (χ2n) is 7.99. The molecule has 3 aromatic heterocycles. The smallest absolute Gasteiger partial charge is 0.233 e. The van der Waals surface area contributed by atoms with Crippen LogP contribution >= 0.6 is 0 Å². The summed E-state index contributed by atoms with van der Waals surface area (Å²) in [6.45, 7) is 0. The minimum absolute atomic E-state index is 0.0191. The number of aryl methyl sites for hydroxylation is 1. The maximum atomic E-state index is 13.1. The average molecular weight is 384 g/mol. The summed E-state index contributed by atoms with van der Waals surface area (Å²) >= 11 is 0. The van der Waals surface area contributed by atoms with Gasteiger partial charge in [0.2, 0.25) is 5.91 Å². The number of hydrogen-bond acceptors (Lipinski definition) is 4. The predicted molar refractivity (Wildman–Crippen MR) is 109 cm³/mol. The van der Waals surface area contributed by atoms with E-state index in [0.29, 0.717) is 5.92 Å². The summed E-state index contributed by atoms with van der Waals surface area (Å²) in [5.74, 6) is 0.713. The molecule has 0 radical (unpaired) electrons. The van der Waals surface area contributed by atoms with Crippen molar-refractivity contribution in [2.45, 2.75) is 18.9 Å². The lowest BCUT2D eigenvalue weighted by Gasteiger charge is -2.47. The van der Waals surface area contributed by atoms with Gasteiger partial charge in [0.25, 0.3) is 0 Å². The monoisotopic (exact) mass is 384 g/mol. The Bertz CT molecular complexity index is 1220. The number of nitrogens with one attached hydrogen (secondary N) is 1. The van der Waals surface area contributed by atoms with E-state index in [1.54, 1.807) is 11.0 Å². The van der Waals surface area contributed by atoms with Crippen molar-refractivity contribution in [3.63, 3.8) is 0 Å². The van der Waals surface area contributed by atoms with Crippen LogP contribution in [0, 0.1) is 11.8 Å². The van der Waals surface area contributed by atoms with Crippen molar-refractivity contribution in [3.8, 4) is 11.1 Å². The molecule has 4 heterocycles. The van der Waals surface area contributed by atoms with Crippen LogP contribution in [0.15, 0.2) is 55.2 Å². The highest BCUT2D eigenvalue weighted by Crippen LogP contribution is 2.53. The summed E-state index contributed by atoms with van der Waals surface area (Å²) in [5, 5.41) is 4.23. The second kappa shape index (κ2) is 6.01. The number of fused-ring (bicyclic) bond motifs is 1. The van der Waals surface area contributed by atoms with Crippen LogP contribution in [0.2, 0.25) is 0 Å². The van der Waals surface area contributed by atoms with Crippen LogP contribution in [0.4, 0.5) is 5.69 Å². The molecule has 0 unspecified atom stereocenters. The van der Waals surface area contributed by atoms with E-state index in [1.807, 2.05) is 48.7 Å². The lowest BCUT2D eigenvalue weighted by molar-refractivity contribution is -0.131. The molecule has 2 fully saturated rings. The molecule has 29 heavy (non-hydrogen) atoms. The summed E-state index contributed by atoms with van der Waals surface area (Å²) in [4.78, 5) is 27.1. The number of H-pyrrole nitrogens is 1. The molecular formula is C22H20N6O. The fourth-order valence-corrected chi connectivity index (χ4v) is 4.42. The maximum absolute atomic E-state index is 13.1. The van der Waals surface area contributed by atoms with Gasteiger partial charge < -0.3 is 9.88 Å². The zero-order chi connectivity index (χ0) is 19.5. The molecule has 1 aliphatic carbocycles. The van der Waals surface area contributed by atoms with Gasteiger partial charge >= 0.3 is 0 Å². The normalized spacial score (nSPS) is 21.6. The topological polar surface area (TPSA) is 79.7 Å². The third kappa shape index (κ3) is 2.57. The van der Waals surface area contributed by atoms with Crippen LogP contribution < -0.4 is 4.90 Å². The lowest BCUT2D eigenvalue weighted by Crippen LogP contribution is -2.56. The zero-order valence-electron chi connectivity index (χ0n) is 16.0. The Morgan fingerprint density at radius 2 is 1.97 bits per heavy atom. The summed E-state index contributed by atoms with van der Waals surface area (Å²) in [7, 11) is 1.90. The fraction of sp³-hybridized carbons (Fsp3) is 0.273. The van der Waals surface area contributed by atoms with E-state index in [4.69, 9.17) is 4.98 Å². The largest absolute Gasteiger partial charge is 0.345 e. The van der Waals surface area contributed by atoms with Gasteiger partial charge in [-0.3, -0.25) is 14.5 Å². The summed E-state index contributed by atoms with van der Waals surface area (Å²) in [5.41, 5.74) is 5.72. The first kappa shape index (κ1) is 16.5. The number of pyridine rings is 1. The number of aromatic amines is 1. The van der Waals surface area contributed by atoms with Crippen LogP contribution in [0.25, 0.3) is 22.2 Å². The number of anilines is 1. The molecule has 1 aliphatic heterocycles. The molecule has 6 rings (SSSR count). The predicted octanol–water partition coefficient (Wildman–Crippen LogP) is 3.47. The Morgan fingerprint density at radius 1 is 1.07 bits per heavy atom. The first-order chi connectivity index (χ1) is 14.2. The number of rotatable bonds is 4. The number of amides is 1. The van der Waals surface area contributed by atoms with E-state index in [9.17, 15) is 4.79 Å². The van der Waals surface area contributed by atoms with Gasteiger partial charge in [-0.2, -0.15) is 5.10 Å². The van der Waals surface area contributed by atoms with Crippen LogP contribution in [-0.2, 0) is 11.8 Å². The van der Waals surface area contributed by atoms with Gasteiger partial charge in [0, 0.05) is 36.3 Å². The van der Waals surface area contributed by atoms with Crippen molar-refractivity contribution in [1.29, 1.82) is 0 Å². The van der Waals surface area contributed by atoms with Crippen molar-refractivity contribution in [3.05, 3.63) is 60.9 Å². The number of nitrogens with zero attached hydrogens (tertiary/aromatic N) is 5. The van der Waals surface area contributed by atoms with Crippen molar-refractivity contribution >= 4 is 22.6 Å². The molecule has 1 aromatic carbocycles. The van der Waals surface area contributed by atoms with Gasteiger partial charge in [-0.1, -0.05) is 6.07 Å². The van der Waals surface area contributed by atoms with Gasteiger partial charge in [-0.25, -0.2) is 4.98 Å². The number of imidazole rings is 1. The SMILES string of the molecule is Cn1cc(-c2ccc([C@@H]3[C@H](C4CC4)C(=O)N3c3ccc4[nH]cnc4c3)nc2)cn1. The minimum Gasteiger partial charge on any atom is -0.345 e. The summed E-state index contributed by atoms with van der Waals surface area (Å²) in [6.07, 6.45) is 9.63. The fourth-order valence-electron chi connectivity index (χ4n) is 4.42. The molecule has 4 aromatic rings. The Labute approximate surface area is 167 Å². The van der Waals surface area contributed by atoms with Gasteiger partial charge in [0.1, 0.15) is 0 Å². The number of carbonyl (C=O) groups is 1. The molecule has 0 bridgehead atoms. The third-order valence-electron chi connectivity index (χ3n) is 6.08. The summed E-state index contributed by atoms with van der Waals surface area (Å²) < 4.78 is 1.78. The quantitative estimate of drug-likeness (QED) is 0.547. The van der Waals surface area contributed by atoms with Crippen LogP contribution in [-0.4, -0.2) is 30.6 Å². The second-order valence-corrected chi connectivity index (χ2v) is 7.99. The van der Waals surface area contributed by atoms with E-state index < -0.39 is 0 Å². The van der Waals surface area contributed by atoms with Crippen LogP contribution in [0.1, 0.15) is 24.6 Å². The van der Waals surface area contributed by atoms with Crippen molar-refractivity contribution in [2.75, 3.05) is 4.90 Å². The highest BCUT2D eigenvalue weighted by atomic mass is 16.2. The van der Waals surface area contributed by atoms with E-state index in [0.717, 1.165) is 46.4 Å². The molecule has 7 nitrogen and oxygen atoms in total. The van der Waals surface area contributed by atoms with Crippen molar-refractivity contribution in [1.82, 2.24) is 24.7 Å². The molecule has 7 heteroatoms. The minimum atomic E-state index is -0.0191. The van der Waals surface area contributed by atoms with Crippen molar-refractivity contribution < 1.29 is 4.79 Å². The van der Waals surface area contributed by atoms with Crippen LogP contribution in [0.3, 0.4) is 0 Å². The van der Waals surface area contributed by atoms with Gasteiger partial charge in [0.15, 0.2) is 0 Å². The van der Waals surface area contributed by atoms with Crippen molar-refractivity contribution in [2.24, 2.45) is 18.9 Å². The number of hydrogen-bond donors (Lipinski definition) is 1. The number of carbonyl (C=O) groups excluding carboxylic acids is 1. The highest BCUT2D eigenvalue weighted by Gasteiger charge is 2.55. The molecule has 144 valence electrons. The van der Waals surface area contributed by atoms with Gasteiger partial charge in [0.05, 0.1) is 41.2 Å². The molecule has 1 N–H and O–H groups in total. The number of β-lactam (4-membered cyclic amide) rings is 1. The molecule has 2 aliphatic rings. The highest BCUT2D eigenvalue weighted by molar-refractivity contribution is 6.04. The number of aromatic nitrogens is 5. The molecule has 0 spiro atoms. The van der Waals surface area contributed by atoms with E-state index in [2.05, 4.69) is 27.2 Å². The molecule has 1 amide bonds.